The van der Waals surface area contributed by atoms with Crippen molar-refractivity contribution >= 4 is 0 Å². The number of ether oxygens (including phenoxy) is 1. The minimum absolute atomic E-state index is 0.0613. The number of hydrogen-bond acceptors (Lipinski definition) is 2. The average molecular weight is 295 g/mol. The zero-order valence-corrected chi connectivity index (χ0v) is 12.5. The second-order valence-electron chi connectivity index (χ2n) is 6.44. The zero-order valence-electron chi connectivity index (χ0n) is 12.5. The van der Waals surface area contributed by atoms with Crippen LogP contribution < -0.4 is 5.32 Å². The van der Waals surface area contributed by atoms with Gasteiger partial charge in [0.2, 0.25) is 0 Å². The first-order valence-electron chi connectivity index (χ1n) is 7.88. The van der Waals surface area contributed by atoms with Gasteiger partial charge in [-0.25, -0.2) is 8.78 Å². The Morgan fingerprint density at radius 3 is 2.62 bits per heavy atom. The van der Waals surface area contributed by atoms with Crippen molar-refractivity contribution < 1.29 is 13.5 Å². The van der Waals surface area contributed by atoms with Crippen LogP contribution in [0.5, 0.6) is 0 Å². The monoisotopic (exact) mass is 295 g/mol. The van der Waals surface area contributed by atoms with Crippen LogP contribution in [0.15, 0.2) is 18.2 Å². The van der Waals surface area contributed by atoms with Gasteiger partial charge in [-0.3, -0.25) is 0 Å². The molecule has 2 fully saturated rings. The first-order chi connectivity index (χ1) is 10.1. The number of benzene rings is 1. The summed E-state index contributed by atoms with van der Waals surface area (Å²) >= 11 is 0. The molecule has 3 rings (SSSR count). The van der Waals surface area contributed by atoms with Crippen molar-refractivity contribution in [2.24, 2.45) is 5.92 Å². The Balaban J connectivity index is 1.73. The van der Waals surface area contributed by atoms with Crippen molar-refractivity contribution in [3.63, 3.8) is 0 Å². The lowest BCUT2D eigenvalue weighted by atomic mass is 9.70. The van der Waals surface area contributed by atoms with Crippen molar-refractivity contribution in [1.29, 1.82) is 0 Å². The molecule has 0 aromatic heterocycles. The molecular formula is C17H23F2NO. The summed E-state index contributed by atoms with van der Waals surface area (Å²) in [6.45, 7) is 0.766. The summed E-state index contributed by atoms with van der Waals surface area (Å²) in [5.74, 6) is -0.468. The van der Waals surface area contributed by atoms with Crippen LogP contribution in [0.4, 0.5) is 8.78 Å². The Kier molecular flexibility index (Phi) is 4.27. The smallest absolute Gasteiger partial charge is 0.129 e. The third-order valence-electron chi connectivity index (χ3n) is 5.22. The summed E-state index contributed by atoms with van der Waals surface area (Å²) in [4.78, 5) is 0. The zero-order chi connectivity index (χ0) is 14.9. The maximum atomic E-state index is 13.9. The van der Waals surface area contributed by atoms with Crippen molar-refractivity contribution in [2.45, 2.75) is 50.2 Å². The van der Waals surface area contributed by atoms with Gasteiger partial charge >= 0.3 is 0 Å². The third-order valence-corrected chi connectivity index (χ3v) is 5.22. The molecule has 1 saturated carbocycles. The summed E-state index contributed by atoms with van der Waals surface area (Å²) in [6, 6.07) is 4.18. The number of likely N-dealkylation sites (N-methyl/N-ethyl adjacent to an activating group) is 1. The van der Waals surface area contributed by atoms with E-state index >= 15 is 0 Å². The van der Waals surface area contributed by atoms with Gasteiger partial charge in [-0.2, -0.15) is 0 Å². The first-order valence-corrected chi connectivity index (χ1v) is 7.88. The number of rotatable bonds is 4. The van der Waals surface area contributed by atoms with E-state index in [1.807, 2.05) is 7.05 Å². The van der Waals surface area contributed by atoms with Crippen LogP contribution in [0.3, 0.4) is 0 Å². The molecule has 2 unspecified atom stereocenters. The lowest BCUT2D eigenvalue weighted by molar-refractivity contribution is -0.146. The second kappa shape index (κ2) is 6.01. The standard InChI is InChI=1S/C17H23F2NO/c1-20-16(10-13-14(18)4-2-5-15(13)19)12-6-9-21-17(11-12)7-3-8-17/h2,4-5,12,16,20H,3,6-11H2,1H3. The molecule has 1 spiro atoms. The molecule has 1 N–H and O–H groups in total. The van der Waals surface area contributed by atoms with Gasteiger partial charge in [0.1, 0.15) is 11.6 Å². The Morgan fingerprint density at radius 1 is 1.33 bits per heavy atom. The van der Waals surface area contributed by atoms with E-state index in [0.717, 1.165) is 32.3 Å². The fourth-order valence-electron chi connectivity index (χ4n) is 3.78. The normalized spacial score (nSPS) is 25.6. The van der Waals surface area contributed by atoms with E-state index in [4.69, 9.17) is 4.74 Å². The summed E-state index contributed by atoms with van der Waals surface area (Å²) in [5, 5.41) is 3.27. The number of hydrogen-bond donors (Lipinski definition) is 1. The van der Waals surface area contributed by atoms with E-state index in [0.29, 0.717) is 12.3 Å². The minimum atomic E-state index is -0.444. The van der Waals surface area contributed by atoms with Crippen LogP contribution in [-0.2, 0) is 11.2 Å². The summed E-state index contributed by atoms with van der Waals surface area (Å²) in [7, 11) is 1.88. The van der Waals surface area contributed by atoms with E-state index in [-0.39, 0.29) is 17.2 Å². The second-order valence-corrected chi connectivity index (χ2v) is 6.44. The quantitative estimate of drug-likeness (QED) is 0.918. The molecule has 1 saturated heterocycles. The topological polar surface area (TPSA) is 21.3 Å². The van der Waals surface area contributed by atoms with E-state index in [9.17, 15) is 8.78 Å². The number of nitrogens with one attached hydrogen (secondary N) is 1. The fraction of sp³-hybridized carbons (Fsp3) is 0.647. The van der Waals surface area contributed by atoms with Gasteiger partial charge in [0.25, 0.3) is 0 Å². The summed E-state index contributed by atoms with van der Waals surface area (Å²) in [5.41, 5.74) is 0.261. The maximum absolute atomic E-state index is 13.9. The van der Waals surface area contributed by atoms with Crippen LogP contribution in [0.1, 0.15) is 37.7 Å². The van der Waals surface area contributed by atoms with Crippen LogP contribution in [0.2, 0.25) is 0 Å². The molecule has 4 heteroatoms. The SMILES string of the molecule is CNC(Cc1c(F)cccc1F)C1CCOC2(CCC2)C1. The highest BCUT2D eigenvalue weighted by Gasteiger charge is 2.44. The third kappa shape index (κ3) is 2.97. The Bertz CT molecular complexity index is 481. The minimum Gasteiger partial charge on any atom is -0.375 e. The van der Waals surface area contributed by atoms with E-state index in [2.05, 4.69) is 5.32 Å². The van der Waals surface area contributed by atoms with Crippen molar-refractivity contribution in [3.05, 3.63) is 35.4 Å². The van der Waals surface area contributed by atoms with Crippen molar-refractivity contribution in [2.75, 3.05) is 13.7 Å². The van der Waals surface area contributed by atoms with Crippen LogP contribution in [-0.4, -0.2) is 25.3 Å². The van der Waals surface area contributed by atoms with Gasteiger partial charge in [-0.05, 0) is 63.6 Å². The van der Waals surface area contributed by atoms with Crippen molar-refractivity contribution in [1.82, 2.24) is 5.32 Å². The van der Waals surface area contributed by atoms with Crippen LogP contribution >= 0.6 is 0 Å². The van der Waals surface area contributed by atoms with Gasteiger partial charge in [-0.1, -0.05) is 6.07 Å². The summed E-state index contributed by atoms with van der Waals surface area (Å²) < 4.78 is 33.7. The lowest BCUT2D eigenvalue weighted by Crippen LogP contribution is -2.50. The largest absolute Gasteiger partial charge is 0.375 e. The van der Waals surface area contributed by atoms with Crippen molar-refractivity contribution in [3.8, 4) is 0 Å². The molecule has 2 aliphatic rings. The predicted molar refractivity (Wildman–Crippen MR) is 78.2 cm³/mol. The van der Waals surface area contributed by atoms with Gasteiger partial charge in [0, 0.05) is 18.2 Å². The van der Waals surface area contributed by atoms with Crippen LogP contribution in [0.25, 0.3) is 0 Å². The molecule has 21 heavy (non-hydrogen) atoms. The molecule has 2 atom stereocenters. The lowest BCUT2D eigenvalue weighted by Gasteiger charge is -2.48. The molecule has 0 bridgehead atoms. The molecular weight excluding hydrogens is 272 g/mol. The molecule has 2 nitrogen and oxygen atoms in total. The highest BCUT2D eigenvalue weighted by atomic mass is 19.1. The molecule has 1 aliphatic heterocycles. The molecule has 1 aliphatic carbocycles. The number of halogens is 2. The fourth-order valence-corrected chi connectivity index (χ4v) is 3.78. The van der Waals surface area contributed by atoms with Gasteiger partial charge in [-0.15, -0.1) is 0 Å². The van der Waals surface area contributed by atoms with Gasteiger partial charge in [0.15, 0.2) is 0 Å². The van der Waals surface area contributed by atoms with Crippen LogP contribution in [0, 0.1) is 17.6 Å². The molecule has 1 aromatic rings. The highest BCUT2D eigenvalue weighted by molar-refractivity contribution is 5.21. The molecule has 0 amide bonds. The molecule has 116 valence electrons. The predicted octanol–water partition coefficient (Wildman–Crippen LogP) is 3.44. The molecule has 1 heterocycles. The molecule has 0 radical (unpaired) electrons. The Labute approximate surface area is 124 Å². The first kappa shape index (κ1) is 14.9. The van der Waals surface area contributed by atoms with E-state index in [1.165, 1.54) is 24.6 Å². The van der Waals surface area contributed by atoms with Gasteiger partial charge in [0.05, 0.1) is 5.60 Å². The average Bonchev–Trinajstić information content (AvgIpc) is 2.46. The van der Waals surface area contributed by atoms with E-state index in [1.54, 1.807) is 0 Å². The molecule has 1 aromatic carbocycles. The Hall–Kier alpha value is -1.00. The van der Waals surface area contributed by atoms with E-state index < -0.39 is 11.6 Å². The Morgan fingerprint density at radius 2 is 2.05 bits per heavy atom. The summed E-state index contributed by atoms with van der Waals surface area (Å²) in [6.07, 6.45) is 5.87. The maximum Gasteiger partial charge on any atom is 0.129 e. The van der Waals surface area contributed by atoms with Gasteiger partial charge < -0.3 is 10.1 Å². The highest BCUT2D eigenvalue weighted by Crippen LogP contribution is 2.45.